The number of H-pyrrole nitrogens is 1. The Labute approximate surface area is 110 Å². The number of fused-ring (bicyclic) bond motifs is 1. The first-order chi connectivity index (χ1) is 9.06. The van der Waals surface area contributed by atoms with Crippen molar-refractivity contribution in [2.45, 2.75) is 25.8 Å². The first-order valence-corrected chi connectivity index (χ1v) is 6.14. The number of carbonyl (C=O) groups is 2. The van der Waals surface area contributed by atoms with Gasteiger partial charge < -0.3 is 15.4 Å². The quantitative estimate of drug-likeness (QED) is 0.765. The third-order valence-corrected chi connectivity index (χ3v) is 3.01. The third-order valence-electron chi connectivity index (χ3n) is 3.01. The first-order valence-electron chi connectivity index (χ1n) is 6.14. The van der Waals surface area contributed by atoms with Gasteiger partial charge in [0.1, 0.15) is 6.04 Å². The number of aryl methyl sites for hydroxylation is 1. The third kappa shape index (κ3) is 3.34. The Morgan fingerprint density at radius 1 is 1.37 bits per heavy atom. The molecule has 3 N–H and O–H groups in total. The minimum Gasteiger partial charge on any atom is -0.480 e. The second-order valence-electron chi connectivity index (χ2n) is 4.53. The molecule has 2 aromatic rings. The van der Waals surface area contributed by atoms with Gasteiger partial charge in [0.05, 0.1) is 0 Å². The lowest BCUT2D eigenvalue weighted by Gasteiger charge is -2.09. The van der Waals surface area contributed by atoms with E-state index in [1.165, 1.54) is 6.92 Å². The molecular formula is C14H16N2O3. The highest BCUT2D eigenvalue weighted by molar-refractivity contribution is 5.83. The van der Waals surface area contributed by atoms with Crippen LogP contribution in [0.25, 0.3) is 10.9 Å². The summed E-state index contributed by atoms with van der Waals surface area (Å²) < 4.78 is 0. The first kappa shape index (κ1) is 13.1. The second-order valence-corrected chi connectivity index (χ2v) is 4.53. The summed E-state index contributed by atoms with van der Waals surface area (Å²) in [6.45, 7) is 1.45. The van der Waals surface area contributed by atoms with Crippen LogP contribution in [0, 0.1) is 0 Å². The molecule has 0 saturated carbocycles. The molecule has 0 bridgehead atoms. The lowest BCUT2D eigenvalue weighted by molar-refractivity contribution is -0.141. The molecule has 0 saturated heterocycles. The Hall–Kier alpha value is -2.30. The van der Waals surface area contributed by atoms with Gasteiger partial charge >= 0.3 is 5.97 Å². The molecule has 19 heavy (non-hydrogen) atoms. The van der Waals surface area contributed by atoms with E-state index in [2.05, 4.69) is 10.3 Å². The zero-order valence-corrected chi connectivity index (χ0v) is 10.6. The minimum atomic E-state index is -1.03. The second kappa shape index (κ2) is 5.56. The maximum absolute atomic E-state index is 11.6. The predicted molar refractivity (Wildman–Crippen MR) is 71.9 cm³/mol. The van der Waals surface area contributed by atoms with Gasteiger partial charge in [-0.05, 0) is 42.5 Å². The van der Waals surface area contributed by atoms with Gasteiger partial charge in [0.15, 0.2) is 0 Å². The van der Waals surface area contributed by atoms with E-state index < -0.39 is 12.0 Å². The summed E-state index contributed by atoms with van der Waals surface area (Å²) in [5.41, 5.74) is 2.12. The van der Waals surface area contributed by atoms with Crippen LogP contribution in [0.5, 0.6) is 0 Å². The number of aromatic nitrogens is 1. The molecule has 1 atom stereocenters. The standard InChI is InChI=1S/C14H16N2O3/c1-9(14(18)19)16-13(17)5-3-10-2-4-12-11(8-10)6-7-15-12/h2,4,6-9,15H,3,5H2,1H3,(H,16,17)(H,18,19). The Kier molecular flexibility index (Phi) is 3.85. The number of nitrogens with one attached hydrogen (secondary N) is 2. The van der Waals surface area contributed by atoms with Crippen molar-refractivity contribution in [2.75, 3.05) is 0 Å². The zero-order chi connectivity index (χ0) is 13.8. The molecule has 1 aromatic heterocycles. The molecule has 0 fully saturated rings. The number of carbonyl (C=O) groups excluding carboxylic acids is 1. The summed E-state index contributed by atoms with van der Waals surface area (Å²) in [7, 11) is 0. The Bertz CT molecular complexity index is 604. The molecule has 1 aromatic carbocycles. The van der Waals surface area contributed by atoms with Crippen molar-refractivity contribution in [3.8, 4) is 0 Å². The number of carboxylic acids is 1. The molecule has 1 unspecified atom stereocenters. The van der Waals surface area contributed by atoms with E-state index >= 15 is 0 Å². The number of carboxylic acid groups (broad SMARTS) is 1. The lowest BCUT2D eigenvalue weighted by atomic mass is 10.1. The summed E-state index contributed by atoms with van der Waals surface area (Å²) in [6, 6.07) is 7.10. The number of hydrogen-bond acceptors (Lipinski definition) is 2. The smallest absolute Gasteiger partial charge is 0.325 e. The molecule has 0 aliphatic heterocycles. The van der Waals surface area contributed by atoms with Crippen LogP contribution in [-0.4, -0.2) is 28.0 Å². The van der Waals surface area contributed by atoms with E-state index in [9.17, 15) is 9.59 Å². The molecule has 1 heterocycles. The van der Waals surface area contributed by atoms with Crippen LogP contribution in [0.15, 0.2) is 30.5 Å². The molecule has 1 amide bonds. The lowest BCUT2D eigenvalue weighted by Crippen LogP contribution is -2.38. The van der Waals surface area contributed by atoms with Gasteiger partial charge in [-0.2, -0.15) is 0 Å². The SMILES string of the molecule is CC(NC(=O)CCc1ccc2[nH]ccc2c1)C(=O)O. The fraction of sp³-hybridized carbons (Fsp3) is 0.286. The van der Waals surface area contributed by atoms with E-state index in [1.54, 1.807) is 0 Å². The molecule has 0 spiro atoms. The molecule has 5 heteroatoms. The van der Waals surface area contributed by atoms with Crippen molar-refractivity contribution in [3.63, 3.8) is 0 Å². The van der Waals surface area contributed by atoms with Gasteiger partial charge in [-0.1, -0.05) is 6.07 Å². The number of aliphatic carboxylic acids is 1. The molecule has 100 valence electrons. The molecule has 0 aliphatic carbocycles. The number of hydrogen-bond donors (Lipinski definition) is 3. The van der Waals surface area contributed by atoms with E-state index in [0.717, 1.165) is 16.5 Å². The summed E-state index contributed by atoms with van der Waals surface area (Å²) in [5, 5.41) is 12.2. The van der Waals surface area contributed by atoms with Crippen LogP contribution in [0.3, 0.4) is 0 Å². The molecule has 0 aliphatic rings. The maximum Gasteiger partial charge on any atom is 0.325 e. The Balaban J connectivity index is 1.91. The summed E-state index contributed by atoms with van der Waals surface area (Å²) in [6.07, 6.45) is 2.75. The van der Waals surface area contributed by atoms with Gasteiger partial charge in [0.25, 0.3) is 0 Å². The fourth-order valence-corrected chi connectivity index (χ4v) is 1.89. The van der Waals surface area contributed by atoms with Crippen molar-refractivity contribution in [1.82, 2.24) is 10.3 Å². The van der Waals surface area contributed by atoms with Crippen molar-refractivity contribution in [1.29, 1.82) is 0 Å². The van der Waals surface area contributed by atoms with E-state index in [0.29, 0.717) is 6.42 Å². The van der Waals surface area contributed by atoms with Crippen molar-refractivity contribution >= 4 is 22.8 Å². The number of rotatable bonds is 5. The maximum atomic E-state index is 11.6. The molecule has 0 radical (unpaired) electrons. The average Bonchev–Trinajstić information content (AvgIpc) is 2.83. The minimum absolute atomic E-state index is 0.246. The highest BCUT2D eigenvalue weighted by atomic mass is 16.4. The van der Waals surface area contributed by atoms with Crippen molar-refractivity contribution < 1.29 is 14.7 Å². The highest BCUT2D eigenvalue weighted by Gasteiger charge is 2.13. The van der Waals surface area contributed by atoms with E-state index in [1.807, 2.05) is 30.5 Å². The predicted octanol–water partition coefficient (Wildman–Crippen LogP) is 1.69. The molecule has 2 rings (SSSR count). The molecule has 5 nitrogen and oxygen atoms in total. The van der Waals surface area contributed by atoms with Crippen LogP contribution in [-0.2, 0) is 16.0 Å². The van der Waals surface area contributed by atoms with E-state index in [-0.39, 0.29) is 12.3 Å². The van der Waals surface area contributed by atoms with Crippen molar-refractivity contribution in [2.24, 2.45) is 0 Å². The summed E-state index contributed by atoms with van der Waals surface area (Å²) in [4.78, 5) is 25.3. The average molecular weight is 260 g/mol. The zero-order valence-electron chi connectivity index (χ0n) is 10.6. The van der Waals surface area contributed by atoms with Gasteiger partial charge in [-0.15, -0.1) is 0 Å². The van der Waals surface area contributed by atoms with Crippen LogP contribution in [0.1, 0.15) is 18.9 Å². The van der Waals surface area contributed by atoms with Crippen LogP contribution in [0.2, 0.25) is 0 Å². The normalized spacial score (nSPS) is 12.3. The number of aromatic amines is 1. The van der Waals surface area contributed by atoms with Crippen LogP contribution >= 0.6 is 0 Å². The van der Waals surface area contributed by atoms with Gasteiger partial charge in [-0.3, -0.25) is 9.59 Å². The van der Waals surface area contributed by atoms with Crippen molar-refractivity contribution in [3.05, 3.63) is 36.0 Å². The Morgan fingerprint density at radius 2 is 2.16 bits per heavy atom. The topological polar surface area (TPSA) is 82.2 Å². The van der Waals surface area contributed by atoms with Gasteiger partial charge in [-0.25, -0.2) is 0 Å². The number of benzene rings is 1. The fourth-order valence-electron chi connectivity index (χ4n) is 1.89. The van der Waals surface area contributed by atoms with E-state index in [4.69, 9.17) is 5.11 Å². The number of amides is 1. The van der Waals surface area contributed by atoms with Crippen LogP contribution < -0.4 is 5.32 Å². The molecular weight excluding hydrogens is 244 g/mol. The Morgan fingerprint density at radius 3 is 2.89 bits per heavy atom. The summed E-state index contributed by atoms with van der Waals surface area (Å²) >= 11 is 0. The summed E-state index contributed by atoms with van der Waals surface area (Å²) in [5.74, 6) is -1.27. The monoisotopic (exact) mass is 260 g/mol. The van der Waals surface area contributed by atoms with Gasteiger partial charge in [0.2, 0.25) is 5.91 Å². The highest BCUT2D eigenvalue weighted by Crippen LogP contribution is 2.15. The van der Waals surface area contributed by atoms with Crippen LogP contribution in [0.4, 0.5) is 0 Å². The largest absolute Gasteiger partial charge is 0.480 e. The van der Waals surface area contributed by atoms with Gasteiger partial charge in [0, 0.05) is 18.1 Å².